The lowest BCUT2D eigenvalue weighted by molar-refractivity contribution is 0.103. The first-order valence-electron chi connectivity index (χ1n) is 5.81. The summed E-state index contributed by atoms with van der Waals surface area (Å²) in [5.74, 6) is 0.586. The van der Waals surface area contributed by atoms with Crippen LogP contribution in [0.1, 0.15) is 47.5 Å². The second-order valence-electron chi connectivity index (χ2n) is 6.08. The van der Waals surface area contributed by atoms with Crippen molar-refractivity contribution < 1.29 is 5.11 Å². The molecule has 1 rings (SSSR count). The second kappa shape index (κ2) is 4.13. The molecule has 15 heavy (non-hydrogen) atoms. The van der Waals surface area contributed by atoms with Crippen LogP contribution >= 0.6 is 0 Å². The Labute approximate surface area is 93.9 Å². The molecule has 2 unspecified atom stereocenters. The zero-order valence-corrected chi connectivity index (χ0v) is 10.7. The van der Waals surface area contributed by atoms with E-state index >= 15 is 0 Å². The lowest BCUT2D eigenvalue weighted by Crippen LogP contribution is -2.31. The highest BCUT2D eigenvalue weighted by molar-refractivity contribution is 5.20. The van der Waals surface area contributed by atoms with E-state index in [-0.39, 0.29) is 0 Å². The number of rotatable bonds is 1. The van der Waals surface area contributed by atoms with Crippen LogP contribution in [-0.2, 0) is 0 Å². The van der Waals surface area contributed by atoms with E-state index < -0.39 is 5.60 Å². The van der Waals surface area contributed by atoms with Gasteiger partial charge in [0.2, 0.25) is 0 Å². The van der Waals surface area contributed by atoms with Gasteiger partial charge in [-0.15, -0.1) is 0 Å². The molecule has 1 aliphatic rings. The van der Waals surface area contributed by atoms with Crippen LogP contribution in [0.4, 0.5) is 0 Å². The number of hydrogen-bond donors (Lipinski definition) is 1. The molecule has 1 nitrogen and oxygen atoms in total. The van der Waals surface area contributed by atoms with E-state index in [9.17, 15) is 5.11 Å². The van der Waals surface area contributed by atoms with Gasteiger partial charge in [0.15, 0.2) is 0 Å². The quantitative estimate of drug-likeness (QED) is 0.651. The van der Waals surface area contributed by atoms with Gasteiger partial charge in [-0.3, -0.25) is 0 Å². The summed E-state index contributed by atoms with van der Waals surface area (Å²) in [7, 11) is 0. The average Bonchev–Trinajstić information content (AvgIpc) is 2.00. The van der Waals surface area contributed by atoms with E-state index in [0.717, 1.165) is 12.8 Å². The third kappa shape index (κ3) is 3.49. The summed E-state index contributed by atoms with van der Waals surface area (Å²) >= 11 is 0. The molecule has 0 saturated heterocycles. The summed E-state index contributed by atoms with van der Waals surface area (Å²) in [6, 6.07) is 0. The van der Waals surface area contributed by atoms with Crippen LogP contribution < -0.4 is 0 Å². The van der Waals surface area contributed by atoms with Crippen LogP contribution in [0.3, 0.4) is 0 Å². The van der Waals surface area contributed by atoms with Crippen LogP contribution in [0.15, 0.2) is 23.8 Å². The van der Waals surface area contributed by atoms with Crippen molar-refractivity contribution in [2.24, 2.45) is 11.3 Å². The number of allylic oxidation sites excluding steroid dienone is 2. The molecule has 0 bridgehead atoms. The van der Waals surface area contributed by atoms with Crippen molar-refractivity contribution in [2.75, 3.05) is 0 Å². The molecule has 86 valence electrons. The molecule has 0 aromatic rings. The highest BCUT2D eigenvalue weighted by Gasteiger charge is 2.31. The van der Waals surface area contributed by atoms with Gasteiger partial charge < -0.3 is 5.11 Å². The van der Waals surface area contributed by atoms with E-state index in [2.05, 4.69) is 26.8 Å². The van der Waals surface area contributed by atoms with Gasteiger partial charge >= 0.3 is 0 Å². The molecule has 2 atom stereocenters. The fourth-order valence-electron chi connectivity index (χ4n) is 2.19. The van der Waals surface area contributed by atoms with E-state index in [1.807, 2.05) is 26.0 Å². The monoisotopic (exact) mass is 208 g/mol. The smallest absolute Gasteiger partial charge is 0.101 e. The molecule has 0 aromatic carbocycles. The van der Waals surface area contributed by atoms with Gasteiger partial charge in [-0.1, -0.05) is 44.6 Å². The Morgan fingerprint density at radius 1 is 1.40 bits per heavy atom. The molecule has 0 radical (unpaired) electrons. The molecule has 1 heteroatoms. The second-order valence-corrected chi connectivity index (χ2v) is 6.08. The van der Waals surface area contributed by atoms with Crippen LogP contribution in [0.2, 0.25) is 0 Å². The SMILES string of the molecule is CC(C)=CC1(O)C=CC(C(C)(C)C)CC1. The average molecular weight is 208 g/mol. The van der Waals surface area contributed by atoms with Crippen molar-refractivity contribution in [1.82, 2.24) is 0 Å². The topological polar surface area (TPSA) is 20.2 Å². The van der Waals surface area contributed by atoms with E-state index in [0.29, 0.717) is 11.3 Å². The fourth-order valence-corrected chi connectivity index (χ4v) is 2.19. The Morgan fingerprint density at radius 3 is 2.33 bits per heavy atom. The third-order valence-electron chi connectivity index (χ3n) is 3.12. The predicted octanol–water partition coefficient (Wildman–Crippen LogP) is 3.70. The molecule has 0 aromatic heterocycles. The Kier molecular flexibility index (Phi) is 3.44. The molecular formula is C14H24O. The van der Waals surface area contributed by atoms with Crippen LogP contribution in [0.5, 0.6) is 0 Å². The third-order valence-corrected chi connectivity index (χ3v) is 3.12. The maximum absolute atomic E-state index is 10.3. The Balaban J connectivity index is 2.78. The molecule has 0 saturated carbocycles. The van der Waals surface area contributed by atoms with Gasteiger partial charge in [0, 0.05) is 0 Å². The Hall–Kier alpha value is -0.560. The molecule has 0 fully saturated rings. The minimum absolute atomic E-state index is 0.308. The van der Waals surface area contributed by atoms with Crippen molar-refractivity contribution in [3.05, 3.63) is 23.8 Å². The standard InChI is InChI=1S/C14H24O/c1-11(2)10-14(15)8-6-12(7-9-14)13(3,4)5/h6,8,10,12,15H,7,9H2,1-5H3. The lowest BCUT2D eigenvalue weighted by atomic mass is 9.72. The van der Waals surface area contributed by atoms with Gasteiger partial charge in [-0.05, 0) is 38.0 Å². The summed E-state index contributed by atoms with van der Waals surface area (Å²) in [5, 5.41) is 10.3. The van der Waals surface area contributed by atoms with Crippen molar-refractivity contribution >= 4 is 0 Å². The van der Waals surface area contributed by atoms with Crippen LogP contribution in [-0.4, -0.2) is 10.7 Å². The van der Waals surface area contributed by atoms with Gasteiger partial charge in [-0.25, -0.2) is 0 Å². The highest BCUT2D eigenvalue weighted by atomic mass is 16.3. The fraction of sp³-hybridized carbons (Fsp3) is 0.714. The van der Waals surface area contributed by atoms with Gasteiger partial charge in [0.25, 0.3) is 0 Å². The molecule has 0 aliphatic heterocycles. The normalized spacial score (nSPS) is 31.5. The Morgan fingerprint density at radius 2 is 2.00 bits per heavy atom. The van der Waals surface area contributed by atoms with E-state index in [1.54, 1.807) is 0 Å². The largest absolute Gasteiger partial charge is 0.382 e. The van der Waals surface area contributed by atoms with Gasteiger partial charge in [0.1, 0.15) is 5.60 Å². The first-order chi connectivity index (χ1) is 6.73. The summed E-state index contributed by atoms with van der Waals surface area (Å²) in [6.45, 7) is 10.8. The molecule has 1 aliphatic carbocycles. The van der Waals surface area contributed by atoms with Crippen molar-refractivity contribution in [1.29, 1.82) is 0 Å². The van der Waals surface area contributed by atoms with E-state index in [1.165, 1.54) is 5.57 Å². The maximum atomic E-state index is 10.3. The molecular weight excluding hydrogens is 184 g/mol. The van der Waals surface area contributed by atoms with E-state index in [4.69, 9.17) is 0 Å². The van der Waals surface area contributed by atoms with Gasteiger partial charge in [0.05, 0.1) is 0 Å². The first-order valence-corrected chi connectivity index (χ1v) is 5.81. The van der Waals surface area contributed by atoms with Gasteiger partial charge in [-0.2, -0.15) is 0 Å². The number of hydrogen-bond acceptors (Lipinski definition) is 1. The summed E-state index contributed by atoms with van der Waals surface area (Å²) < 4.78 is 0. The zero-order valence-electron chi connectivity index (χ0n) is 10.7. The minimum atomic E-state index is -0.694. The minimum Gasteiger partial charge on any atom is -0.382 e. The molecule has 0 spiro atoms. The van der Waals surface area contributed by atoms with Crippen molar-refractivity contribution in [3.8, 4) is 0 Å². The van der Waals surface area contributed by atoms with Crippen LogP contribution in [0.25, 0.3) is 0 Å². The Bertz CT molecular complexity index is 276. The molecule has 1 N–H and O–H groups in total. The summed E-state index contributed by atoms with van der Waals surface area (Å²) in [5.41, 5.74) is 0.792. The highest BCUT2D eigenvalue weighted by Crippen LogP contribution is 2.37. The summed E-state index contributed by atoms with van der Waals surface area (Å²) in [4.78, 5) is 0. The molecule has 0 heterocycles. The number of aliphatic hydroxyl groups is 1. The van der Waals surface area contributed by atoms with Crippen molar-refractivity contribution in [2.45, 2.75) is 53.1 Å². The summed E-state index contributed by atoms with van der Waals surface area (Å²) in [6.07, 6.45) is 8.03. The zero-order chi connectivity index (χ0) is 11.7. The van der Waals surface area contributed by atoms with Crippen molar-refractivity contribution in [3.63, 3.8) is 0 Å². The first kappa shape index (κ1) is 12.5. The molecule has 0 amide bonds. The predicted molar refractivity (Wildman–Crippen MR) is 65.7 cm³/mol. The van der Waals surface area contributed by atoms with Crippen LogP contribution in [0, 0.1) is 11.3 Å². The maximum Gasteiger partial charge on any atom is 0.101 e. The lowest BCUT2D eigenvalue weighted by Gasteiger charge is -2.35.